The molecular formula is C12H23N2S+. The van der Waals surface area contributed by atoms with Gasteiger partial charge in [-0.25, -0.2) is 9.13 Å². The first-order valence-electron chi connectivity index (χ1n) is 5.95. The molecule has 0 atom stereocenters. The molecule has 0 fully saturated rings. The van der Waals surface area contributed by atoms with E-state index in [1.807, 2.05) is 0 Å². The fourth-order valence-electron chi connectivity index (χ4n) is 1.75. The maximum absolute atomic E-state index is 4.21. The van der Waals surface area contributed by atoms with Gasteiger partial charge in [-0.05, 0) is 25.0 Å². The van der Waals surface area contributed by atoms with E-state index >= 15 is 0 Å². The monoisotopic (exact) mass is 227 g/mol. The van der Waals surface area contributed by atoms with Gasteiger partial charge in [0.1, 0.15) is 12.4 Å². The van der Waals surface area contributed by atoms with Gasteiger partial charge in [-0.15, -0.1) is 0 Å². The number of hydrogen-bond donors (Lipinski definition) is 1. The second-order valence-electron chi connectivity index (χ2n) is 4.16. The zero-order chi connectivity index (χ0) is 10.9. The SMILES string of the molecule is C[n+]1ccn(CCCCCCCCS)c1. The first kappa shape index (κ1) is 12.6. The number of aromatic nitrogens is 2. The summed E-state index contributed by atoms with van der Waals surface area (Å²) in [6, 6.07) is 0. The zero-order valence-corrected chi connectivity index (χ0v) is 10.6. The molecule has 0 aromatic carbocycles. The summed E-state index contributed by atoms with van der Waals surface area (Å²) in [6.07, 6.45) is 14.4. The van der Waals surface area contributed by atoms with Crippen LogP contribution in [0.25, 0.3) is 0 Å². The lowest BCUT2D eigenvalue weighted by atomic mass is 10.1. The highest BCUT2D eigenvalue weighted by molar-refractivity contribution is 7.80. The fourth-order valence-corrected chi connectivity index (χ4v) is 1.97. The zero-order valence-electron chi connectivity index (χ0n) is 9.73. The summed E-state index contributed by atoms with van der Waals surface area (Å²) in [5, 5.41) is 0. The van der Waals surface area contributed by atoms with Crippen molar-refractivity contribution in [2.45, 2.75) is 45.1 Å². The number of unbranched alkanes of at least 4 members (excludes halogenated alkanes) is 5. The number of thiol groups is 1. The summed E-state index contributed by atoms with van der Waals surface area (Å²) in [4.78, 5) is 0. The Labute approximate surface area is 98.7 Å². The molecule has 0 amide bonds. The van der Waals surface area contributed by atoms with Crippen LogP contribution in [0.4, 0.5) is 0 Å². The third-order valence-corrected chi connectivity index (χ3v) is 2.96. The quantitative estimate of drug-likeness (QED) is 0.397. The minimum absolute atomic E-state index is 1.04. The third kappa shape index (κ3) is 5.88. The van der Waals surface area contributed by atoms with Gasteiger partial charge in [-0.1, -0.05) is 19.3 Å². The van der Waals surface area contributed by atoms with Crippen molar-refractivity contribution >= 4 is 12.6 Å². The number of nitrogens with zero attached hydrogens (tertiary/aromatic N) is 2. The van der Waals surface area contributed by atoms with Crippen LogP contribution in [0.2, 0.25) is 0 Å². The van der Waals surface area contributed by atoms with Crippen LogP contribution < -0.4 is 4.57 Å². The molecule has 0 N–H and O–H groups in total. The maximum Gasteiger partial charge on any atom is 0.243 e. The van der Waals surface area contributed by atoms with E-state index in [2.05, 4.69) is 47.5 Å². The molecular weight excluding hydrogens is 204 g/mol. The van der Waals surface area contributed by atoms with Crippen LogP contribution >= 0.6 is 12.6 Å². The Morgan fingerprint density at radius 2 is 1.73 bits per heavy atom. The molecule has 1 aromatic heterocycles. The van der Waals surface area contributed by atoms with Gasteiger partial charge >= 0.3 is 0 Å². The number of aryl methyl sites for hydroxylation is 2. The highest BCUT2D eigenvalue weighted by Gasteiger charge is 1.98. The van der Waals surface area contributed by atoms with Crippen LogP contribution in [0.1, 0.15) is 38.5 Å². The molecule has 0 aliphatic rings. The first-order chi connectivity index (χ1) is 7.33. The Hall–Kier alpha value is -0.440. The molecule has 0 bridgehead atoms. The van der Waals surface area contributed by atoms with Crippen molar-refractivity contribution in [3.8, 4) is 0 Å². The molecule has 2 nitrogen and oxygen atoms in total. The summed E-state index contributed by atoms with van der Waals surface area (Å²) >= 11 is 4.21. The van der Waals surface area contributed by atoms with Crippen molar-refractivity contribution in [2.75, 3.05) is 5.75 Å². The first-order valence-corrected chi connectivity index (χ1v) is 6.58. The topological polar surface area (TPSA) is 8.81 Å². The van der Waals surface area contributed by atoms with Crippen molar-refractivity contribution in [3.63, 3.8) is 0 Å². The van der Waals surface area contributed by atoms with Crippen molar-refractivity contribution in [2.24, 2.45) is 7.05 Å². The van der Waals surface area contributed by atoms with Crippen molar-refractivity contribution in [1.82, 2.24) is 4.57 Å². The van der Waals surface area contributed by atoms with Crippen LogP contribution in [0, 0.1) is 0 Å². The van der Waals surface area contributed by atoms with E-state index in [0.717, 1.165) is 12.3 Å². The molecule has 0 aliphatic heterocycles. The molecule has 0 unspecified atom stereocenters. The predicted molar refractivity (Wildman–Crippen MR) is 67.2 cm³/mol. The Morgan fingerprint density at radius 1 is 1.07 bits per heavy atom. The minimum Gasteiger partial charge on any atom is -0.240 e. The van der Waals surface area contributed by atoms with Crippen LogP contribution in [-0.2, 0) is 13.6 Å². The maximum atomic E-state index is 4.21. The van der Waals surface area contributed by atoms with E-state index in [-0.39, 0.29) is 0 Å². The van der Waals surface area contributed by atoms with Crippen LogP contribution in [0.15, 0.2) is 18.7 Å². The van der Waals surface area contributed by atoms with Crippen LogP contribution in [0.5, 0.6) is 0 Å². The molecule has 0 aliphatic carbocycles. The fraction of sp³-hybridized carbons (Fsp3) is 0.750. The molecule has 3 heteroatoms. The second kappa shape index (κ2) is 7.80. The van der Waals surface area contributed by atoms with Crippen molar-refractivity contribution in [1.29, 1.82) is 0 Å². The van der Waals surface area contributed by atoms with Crippen LogP contribution in [-0.4, -0.2) is 10.3 Å². The third-order valence-electron chi connectivity index (χ3n) is 2.65. The molecule has 1 aromatic rings. The van der Waals surface area contributed by atoms with Gasteiger partial charge in [0.15, 0.2) is 0 Å². The molecule has 0 saturated carbocycles. The molecule has 86 valence electrons. The number of hydrogen-bond acceptors (Lipinski definition) is 1. The van der Waals surface area contributed by atoms with E-state index in [1.165, 1.54) is 38.5 Å². The van der Waals surface area contributed by atoms with Gasteiger partial charge in [-0.3, -0.25) is 0 Å². The van der Waals surface area contributed by atoms with Gasteiger partial charge in [0.25, 0.3) is 0 Å². The summed E-state index contributed by atoms with van der Waals surface area (Å²) < 4.78 is 4.35. The predicted octanol–water partition coefficient (Wildman–Crippen LogP) is 2.58. The minimum atomic E-state index is 1.04. The van der Waals surface area contributed by atoms with Crippen LogP contribution in [0.3, 0.4) is 0 Å². The average molecular weight is 227 g/mol. The number of imidazole rings is 1. The molecule has 0 saturated heterocycles. The standard InChI is InChI=1S/C12H22N2S/c1-13-9-10-14(12-13)8-6-4-2-3-5-7-11-15/h9-10,12H,2-8,11H2,1H3/p+1. The molecule has 0 radical (unpaired) electrons. The van der Waals surface area contributed by atoms with Gasteiger partial charge in [-0.2, -0.15) is 12.6 Å². The normalized spacial score (nSPS) is 10.8. The van der Waals surface area contributed by atoms with Gasteiger partial charge in [0, 0.05) is 0 Å². The van der Waals surface area contributed by atoms with Crippen molar-refractivity contribution < 1.29 is 4.57 Å². The Morgan fingerprint density at radius 3 is 2.33 bits per heavy atom. The van der Waals surface area contributed by atoms with Gasteiger partial charge < -0.3 is 0 Å². The van der Waals surface area contributed by atoms with Crippen molar-refractivity contribution in [3.05, 3.63) is 18.7 Å². The molecule has 15 heavy (non-hydrogen) atoms. The average Bonchev–Trinajstić information content (AvgIpc) is 2.63. The smallest absolute Gasteiger partial charge is 0.240 e. The molecule has 1 heterocycles. The lowest BCUT2D eigenvalue weighted by Crippen LogP contribution is -2.23. The second-order valence-corrected chi connectivity index (χ2v) is 4.61. The Bertz CT molecular complexity index is 258. The molecule has 0 spiro atoms. The highest BCUT2D eigenvalue weighted by Crippen LogP contribution is 2.06. The summed E-state index contributed by atoms with van der Waals surface area (Å²) in [6.45, 7) is 1.16. The Balaban J connectivity index is 1.93. The molecule has 1 rings (SSSR count). The lowest BCUT2D eigenvalue weighted by Gasteiger charge is -1.99. The van der Waals surface area contributed by atoms with E-state index in [1.54, 1.807) is 0 Å². The number of rotatable bonds is 8. The lowest BCUT2D eigenvalue weighted by molar-refractivity contribution is -0.671. The van der Waals surface area contributed by atoms with Gasteiger partial charge in [0.05, 0.1) is 13.6 Å². The highest BCUT2D eigenvalue weighted by atomic mass is 32.1. The van der Waals surface area contributed by atoms with E-state index in [9.17, 15) is 0 Å². The van der Waals surface area contributed by atoms with E-state index < -0.39 is 0 Å². The Kier molecular flexibility index (Phi) is 6.57. The summed E-state index contributed by atoms with van der Waals surface area (Å²) in [7, 11) is 2.06. The van der Waals surface area contributed by atoms with E-state index in [0.29, 0.717) is 0 Å². The summed E-state index contributed by atoms with van der Waals surface area (Å²) in [5.74, 6) is 1.04. The summed E-state index contributed by atoms with van der Waals surface area (Å²) in [5.41, 5.74) is 0. The van der Waals surface area contributed by atoms with E-state index in [4.69, 9.17) is 0 Å². The largest absolute Gasteiger partial charge is 0.243 e. The van der Waals surface area contributed by atoms with Gasteiger partial charge in [0.2, 0.25) is 6.33 Å².